The summed E-state index contributed by atoms with van der Waals surface area (Å²) in [6.45, 7) is 3.22. The number of amides is 1. The second kappa shape index (κ2) is 7.03. The van der Waals surface area contributed by atoms with E-state index in [1.165, 1.54) is 12.1 Å². The van der Waals surface area contributed by atoms with E-state index < -0.39 is 0 Å². The lowest BCUT2D eigenvalue weighted by molar-refractivity contribution is -0.132. The second-order valence-corrected chi connectivity index (χ2v) is 6.30. The average Bonchev–Trinajstić information content (AvgIpc) is 2.50. The summed E-state index contributed by atoms with van der Waals surface area (Å²) in [4.78, 5) is 12.5. The molecule has 0 saturated heterocycles. The van der Waals surface area contributed by atoms with Gasteiger partial charge >= 0.3 is 0 Å². The minimum atomic E-state index is -0.380. The number of hydrogen-bond acceptors (Lipinski definition) is 2. The lowest BCUT2D eigenvalue weighted by Crippen LogP contribution is -2.48. The van der Waals surface area contributed by atoms with Crippen molar-refractivity contribution in [1.82, 2.24) is 5.32 Å². The molecule has 4 heteroatoms. The predicted molar refractivity (Wildman–Crippen MR) is 82.2 cm³/mol. The van der Waals surface area contributed by atoms with Crippen LogP contribution in [0.1, 0.15) is 38.2 Å². The summed E-state index contributed by atoms with van der Waals surface area (Å²) in [5.74, 6) is 0.539. The Morgan fingerprint density at radius 2 is 1.95 bits per heavy atom. The van der Waals surface area contributed by atoms with Gasteiger partial charge in [0.25, 0.3) is 0 Å². The van der Waals surface area contributed by atoms with Crippen LogP contribution >= 0.6 is 0 Å². The van der Waals surface area contributed by atoms with E-state index in [1.54, 1.807) is 12.1 Å². The number of nitrogens with one attached hydrogen (secondary N) is 1. The van der Waals surface area contributed by atoms with Crippen LogP contribution in [0, 0.1) is 17.2 Å². The molecule has 1 amide bonds. The molecule has 0 radical (unpaired) electrons. The SMILES string of the molecule is CC1CCC(CN)(C(=O)NCCc2ccc(F)cc2)CC1. The van der Waals surface area contributed by atoms with Gasteiger partial charge in [0.2, 0.25) is 5.91 Å². The number of rotatable bonds is 5. The molecule has 1 fully saturated rings. The summed E-state index contributed by atoms with van der Waals surface area (Å²) in [5, 5.41) is 3.01. The Bertz CT molecular complexity index is 464. The Balaban J connectivity index is 1.84. The quantitative estimate of drug-likeness (QED) is 0.876. The molecule has 1 saturated carbocycles. The molecule has 116 valence electrons. The Kier molecular flexibility index (Phi) is 5.34. The van der Waals surface area contributed by atoms with Crippen LogP contribution in [0.2, 0.25) is 0 Å². The molecule has 3 nitrogen and oxygen atoms in total. The van der Waals surface area contributed by atoms with Crippen molar-refractivity contribution in [2.24, 2.45) is 17.1 Å². The smallest absolute Gasteiger partial charge is 0.227 e. The van der Waals surface area contributed by atoms with Crippen molar-refractivity contribution in [2.75, 3.05) is 13.1 Å². The first-order valence-corrected chi connectivity index (χ1v) is 7.78. The van der Waals surface area contributed by atoms with Gasteiger partial charge in [0.05, 0.1) is 5.41 Å². The number of nitrogens with two attached hydrogens (primary N) is 1. The van der Waals surface area contributed by atoms with E-state index in [-0.39, 0.29) is 17.1 Å². The highest BCUT2D eigenvalue weighted by Crippen LogP contribution is 2.38. The molecule has 0 heterocycles. The number of carbonyl (C=O) groups is 1. The maximum Gasteiger partial charge on any atom is 0.227 e. The van der Waals surface area contributed by atoms with Crippen molar-refractivity contribution in [3.8, 4) is 0 Å². The molecule has 0 atom stereocenters. The lowest BCUT2D eigenvalue weighted by Gasteiger charge is -2.37. The maximum absolute atomic E-state index is 12.8. The molecule has 1 aromatic carbocycles. The van der Waals surface area contributed by atoms with Crippen LogP contribution in [0.25, 0.3) is 0 Å². The van der Waals surface area contributed by atoms with Gasteiger partial charge in [-0.1, -0.05) is 19.1 Å². The summed E-state index contributed by atoms with van der Waals surface area (Å²) < 4.78 is 12.8. The monoisotopic (exact) mass is 292 g/mol. The van der Waals surface area contributed by atoms with Gasteiger partial charge in [0, 0.05) is 13.1 Å². The normalized spacial score (nSPS) is 25.6. The highest BCUT2D eigenvalue weighted by molar-refractivity contribution is 5.83. The zero-order valence-corrected chi connectivity index (χ0v) is 12.7. The molecule has 1 aliphatic carbocycles. The van der Waals surface area contributed by atoms with E-state index in [2.05, 4.69) is 12.2 Å². The standard InChI is InChI=1S/C17H25FN2O/c1-13-6-9-17(12-19,10-7-13)16(21)20-11-8-14-2-4-15(18)5-3-14/h2-5,13H,6-12,19H2,1H3,(H,20,21). The van der Waals surface area contributed by atoms with Crippen LogP contribution in [-0.4, -0.2) is 19.0 Å². The van der Waals surface area contributed by atoms with Crippen molar-refractivity contribution in [3.05, 3.63) is 35.6 Å². The molecular formula is C17H25FN2O. The van der Waals surface area contributed by atoms with Crippen LogP contribution in [-0.2, 0) is 11.2 Å². The van der Waals surface area contributed by atoms with Crippen LogP contribution in [0.5, 0.6) is 0 Å². The Morgan fingerprint density at radius 3 is 2.52 bits per heavy atom. The van der Waals surface area contributed by atoms with Gasteiger partial charge in [-0.2, -0.15) is 0 Å². The first-order chi connectivity index (χ1) is 10.1. The summed E-state index contributed by atoms with van der Waals surface area (Å²) in [6.07, 6.45) is 4.62. The van der Waals surface area contributed by atoms with Gasteiger partial charge in [-0.3, -0.25) is 4.79 Å². The van der Waals surface area contributed by atoms with E-state index in [9.17, 15) is 9.18 Å². The molecule has 0 spiro atoms. The molecule has 0 aromatic heterocycles. The van der Waals surface area contributed by atoms with E-state index in [0.29, 0.717) is 25.4 Å². The van der Waals surface area contributed by atoms with E-state index >= 15 is 0 Å². The minimum absolute atomic E-state index is 0.0824. The molecule has 1 aliphatic rings. The van der Waals surface area contributed by atoms with Crippen molar-refractivity contribution < 1.29 is 9.18 Å². The van der Waals surface area contributed by atoms with Gasteiger partial charge in [-0.25, -0.2) is 4.39 Å². The Morgan fingerprint density at radius 1 is 1.33 bits per heavy atom. The van der Waals surface area contributed by atoms with E-state index in [1.807, 2.05) is 0 Å². The number of benzene rings is 1. The Labute approximate surface area is 126 Å². The third kappa shape index (κ3) is 4.03. The second-order valence-electron chi connectivity index (χ2n) is 6.30. The first-order valence-electron chi connectivity index (χ1n) is 7.78. The van der Waals surface area contributed by atoms with Gasteiger partial charge in [0.1, 0.15) is 5.82 Å². The summed E-state index contributed by atoms with van der Waals surface area (Å²) in [5.41, 5.74) is 6.53. The zero-order chi connectivity index (χ0) is 15.3. The van der Waals surface area contributed by atoms with Gasteiger partial charge in [0.15, 0.2) is 0 Å². The van der Waals surface area contributed by atoms with E-state index in [0.717, 1.165) is 31.2 Å². The highest BCUT2D eigenvalue weighted by Gasteiger charge is 2.39. The summed E-state index contributed by atoms with van der Waals surface area (Å²) >= 11 is 0. The van der Waals surface area contributed by atoms with Gasteiger partial charge < -0.3 is 11.1 Å². The molecule has 0 unspecified atom stereocenters. The van der Waals surface area contributed by atoms with Crippen molar-refractivity contribution in [3.63, 3.8) is 0 Å². The van der Waals surface area contributed by atoms with Crippen molar-refractivity contribution in [1.29, 1.82) is 0 Å². The highest BCUT2D eigenvalue weighted by atomic mass is 19.1. The fourth-order valence-corrected chi connectivity index (χ4v) is 3.00. The van der Waals surface area contributed by atoms with Crippen LogP contribution in [0.15, 0.2) is 24.3 Å². The van der Waals surface area contributed by atoms with Crippen LogP contribution in [0.3, 0.4) is 0 Å². The first kappa shape index (κ1) is 16.0. The maximum atomic E-state index is 12.8. The van der Waals surface area contributed by atoms with Crippen molar-refractivity contribution >= 4 is 5.91 Å². The Hall–Kier alpha value is -1.42. The molecule has 3 N–H and O–H groups in total. The fourth-order valence-electron chi connectivity index (χ4n) is 3.00. The summed E-state index contributed by atoms with van der Waals surface area (Å²) in [6, 6.07) is 6.40. The number of halogens is 1. The average molecular weight is 292 g/mol. The summed E-state index contributed by atoms with van der Waals surface area (Å²) in [7, 11) is 0. The predicted octanol–water partition coefficient (Wildman–Crippen LogP) is 2.64. The largest absolute Gasteiger partial charge is 0.355 e. The van der Waals surface area contributed by atoms with Crippen LogP contribution < -0.4 is 11.1 Å². The number of hydrogen-bond donors (Lipinski definition) is 2. The third-order valence-corrected chi connectivity index (χ3v) is 4.72. The molecule has 1 aromatic rings. The molecular weight excluding hydrogens is 267 g/mol. The van der Waals surface area contributed by atoms with Gasteiger partial charge in [-0.05, 0) is 55.7 Å². The molecule has 21 heavy (non-hydrogen) atoms. The zero-order valence-electron chi connectivity index (χ0n) is 12.7. The van der Waals surface area contributed by atoms with Crippen LogP contribution in [0.4, 0.5) is 4.39 Å². The van der Waals surface area contributed by atoms with Gasteiger partial charge in [-0.15, -0.1) is 0 Å². The van der Waals surface area contributed by atoms with Crippen molar-refractivity contribution in [2.45, 2.75) is 39.0 Å². The topological polar surface area (TPSA) is 55.1 Å². The number of carbonyl (C=O) groups excluding carboxylic acids is 1. The third-order valence-electron chi connectivity index (χ3n) is 4.72. The molecule has 0 bridgehead atoms. The lowest BCUT2D eigenvalue weighted by atomic mass is 9.70. The van der Waals surface area contributed by atoms with E-state index in [4.69, 9.17) is 5.73 Å². The fraction of sp³-hybridized carbons (Fsp3) is 0.588. The minimum Gasteiger partial charge on any atom is -0.355 e. The molecule has 0 aliphatic heterocycles. The molecule has 2 rings (SSSR count).